The van der Waals surface area contributed by atoms with Crippen LogP contribution in [0.3, 0.4) is 0 Å². The number of hydrogen-bond donors (Lipinski definition) is 1. The van der Waals surface area contributed by atoms with Crippen molar-refractivity contribution in [3.63, 3.8) is 0 Å². The number of anilines is 1. The normalized spacial score (nSPS) is 14.8. The van der Waals surface area contributed by atoms with Gasteiger partial charge in [0.2, 0.25) is 0 Å². The van der Waals surface area contributed by atoms with E-state index in [9.17, 15) is 0 Å². The van der Waals surface area contributed by atoms with Crippen LogP contribution in [0.5, 0.6) is 0 Å². The largest absolute Gasteiger partial charge is 0.383 e. The molecule has 10 heteroatoms. The SMILES string of the molecule is COCCN(Cc1cc2nc(-c3cccc4[nH]ncc34)nc(N3CCOCC3)c2s1)SC. The van der Waals surface area contributed by atoms with Gasteiger partial charge in [-0.2, -0.15) is 5.10 Å². The fourth-order valence-electron chi connectivity index (χ4n) is 3.92. The Morgan fingerprint density at radius 3 is 2.97 bits per heavy atom. The van der Waals surface area contributed by atoms with Gasteiger partial charge in [-0.3, -0.25) is 5.10 Å². The van der Waals surface area contributed by atoms with Crippen LogP contribution in [-0.2, 0) is 16.0 Å². The van der Waals surface area contributed by atoms with Crippen LogP contribution in [0.1, 0.15) is 4.88 Å². The molecule has 0 spiro atoms. The summed E-state index contributed by atoms with van der Waals surface area (Å²) in [6.07, 6.45) is 3.95. The Labute approximate surface area is 195 Å². The van der Waals surface area contributed by atoms with Gasteiger partial charge in [-0.25, -0.2) is 14.3 Å². The highest BCUT2D eigenvalue weighted by atomic mass is 32.2. The van der Waals surface area contributed by atoms with E-state index in [1.165, 1.54) is 4.88 Å². The number of ether oxygens (including phenoxy) is 2. The zero-order valence-corrected chi connectivity index (χ0v) is 19.8. The molecule has 5 rings (SSSR count). The summed E-state index contributed by atoms with van der Waals surface area (Å²) in [5.74, 6) is 1.73. The van der Waals surface area contributed by atoms with E-state index in [4.69, 9.17) is 19.4 Å². The van der Waals surface area contributed by atoms with E-state index >= 15 is 0 Å². The van der Waals surface area contributed by atoms with Crippen molar-refractivity contribution in [2.45, 2.75) is 6.54 Å². The number of thiophene rings is 1. The van der Waals surface area contributed by atoms with Gasteiger partial charge in [0.25, 0.3) is 0 Å². The van der Waals surface area contributed by atoms with Crippen molar-refractivity contribution in [3.05, 3.63) is 35.3 Å². The van der Waals surface area contributed by atoms with Crippen molar-refractivity contribution < 1.29 is 9.47 Å². The number of morpholine rings is 1. The minimum absolute atomic E-state index is 0.712. The Kier molecular flexibility index (Phi) is 6.56. The molecule has 1 aliphatic rings. The van der Waals surface area contributed by atoms with Gasteiger partial charge < -0.3 is 14.4 Å². The lowest BCUT2D eigenvalue weighted by Gasteiger charge is -2.28. The smallest absolute Gasteiger partial charge is 0.162 e. The van der Waals surface area contributed by atoms with Crippen molar-refractivity contribution in [1.29, 1.82) is 0 Å². The van der Waals surface area contributed by atoms with Crippen LogP contribution in [0, 0.1) is 0 Å². The zero-order valence-electron chi connectivity index (χ0n) is 18.2. The molecule has 3 aromatic heterocycles. The fourth-order valence-corrected chi connectivity index (χ4v) is 5.65. The maximum absolute atomic E-state index is 5.59. The molecule has 0 unspecified atom stereocenters. The highest BCUT2D eigenvalue weighted by Gasteiger charge is 2.21. The van der Waals surface area contributed by atoms with E-state index < -0.39 is 0 Å². The second-order valence-electron chi connectivity index (χ2n) is 7.57. The average Bonchev–Trinajstić information content (AvgIpc) is 3.48. The summed E-state index contributed by atoms with van der Waals surface area (Å²) in [5.41, 5.74) is 2.97. The molecule has 1 aliphatic heterocycles. The molecule has 32 heavy (non-hydrogen) atoms. The Balaban J connectivity index is 1.59. The Bertz CT molecular complexity index is 1200. The monoisotopic (exact) mass is 470 g/mol. The standard InChI is InChI=1S/C22H26N6O2S2/c1-29-9-8-28(31-2)14-15-12-19-20(32-15)22(27-6-10-30-11-7-27)25-21(24-19)16-4-3-5-18-17(16)13-23-26-18/h3-5,12-13H,6-11,14H2,1-2H3,(H,23,26). The predicted octanol–water partition coefficient (Wildman–Crippen LogP) is 3.80. The van der Waals surface area contributed by atoms with Crippen molar-refractivity contribution in [1.82, 2.24) is 24.5 Å². The topological polar surface area (TPSA) is 79.4 Å². The number of H-pyrrole nitrogens is 1. The molecule has 0 atom stereocenters. The van der Waals surface area contributed by atoms with Gasteiger partial charge in [-0.05, 0) is 18.4 Å². The number of methoxy groups -OCH3 is 1. The molecule has 0 saturated carbocycles. The summed E-state index contributed by atoms with van der Waals surface area (Å²) < 4.78 is 14.3. The number of aromatic amines is 1. The number of rotatable bonds is 8. The summed E-state index contributed by atoms with van der Waals surface area (Å²) in [6, 6.07) is 8.31. The van der Waals surface area contributed by atoms with Crippen LogP contribution in [0.4, 0.5) is 5.82 Å². The van der Waals surface area contributed by atoms with Crippen LogP contribution < -0.4 is 4.90 Å². The van der Waals surface area contributed by atoms with Crippen LogP contribution in [-0.4, -0.2) is 77.3 Å². The van der Waals surface area contributed by atoms with Gasteiger partial charge in [0.15, 0.2) is 11.6 Å². The van der Waals surface area contributed by atoms with Gasteiger partial charge >= 0.3 is 0 Å². The molecule has 4 heterocycles. The third-order valence-electron chi connectivity index (χ3n) is 5.58. The number of aromatic nitrogens is 4. The molecule has 168 valence electrons. The van der Waals surface area contributed by atoms with Crippen LogP contribution in [0.15, 0.2) is 30.5 Å². The lowest BCUT2D eigenvalue weighted by Crippen LogP contribution is -2.36. The number of fused-ring (bicyclic) bond motifs is 2. The summed E-state index contributed by atoms with van der Waals surface area (Å²) >= 11 is 3.52. The van der Waals surface area contributed by atoms with Crippen molar-refractivity contribution in [2.24, 2.45) is 0 Å². The molecule has 0 bridgehead atoms. The average molecular weight is 471 g/mol. The highest BCUT2D eigenvalue weighted by molar-refractivity contribution is 7.96. The van der Waals surface area contributed by atoms with Gasteiger partial charge in [0, 0.05) is 49.1 Å². The summed E-state index contributed by atoms with van der Waals surface area (Å²) in [7, 11) is 1.74. The minimum Gasteiger partial charge on any atom is -0.383 e. The van der Waals surface area contributed by atoms with Crippen LogP contribution >= 0.6 is 23.3 Å². The Morgan fingerprint density at radius 2 is 2.16 bits per heavy atom. The first-order valence-corrected chi connectivity index (χ1v) is 12.6. The van der Waals surface area contributed by atoms with E-state index in [0.29, 0.717) is 19.8 Å². The Morgan fingerprint density at radius 1 is 1.28 bits per heavy atom. The van der Waals surface area contributed by atoms with Crippen molar-refractivity contribution in [2.75, 3.05) is 57.7 Å². The van der Waals surface area contributed by atoms with Crippen molar-refractivity contribution >= 4 is 50.2 Å². The fraction of sp³-hybridized carbons (Fsp3) is 0.409. The molecule has 1 saturated heterocycles. The van der Waals surface area contributed by atoms with E-state index in [0.717, 1.165) is 64.5 Å². The minimum atomic E-state index is 0.712. The maximum Gasteiger partial charge on any atom is 0.162 e. The first-order valence-electron chi connectivity index (χ1n) is 10.6. The molecule has 0 radical (unpaired) electrons. The third-order valence-corrected chi connectivity index (χ3v) is 7.51. The van der Waals surface area contributed by atoms with E-state index in [-0.39, 0.29) is 0 Å². The van der Waals surface area contributed by atoms with Gasteiger partial charge in [0.1, 0.15) is 0 Å². The third kappa shape index (κ3) is 4.33. The molecule has 1 aromatic carbocycles. The van der Waals surface area contributed by atoms with Gasteiger partial charge in [-0.1, -0.05) is 24.1 Å². The molecule has 4 aromatic rings. The highest BCUT2D eigenvalue weighted by Crippen LogP contribution is 2.36. The second kappa shape index (κ2) is 9.72. The van der Waals surface area contributed by atoms with E-state index in [1.807, 2.05) is 18.3 Å². The first kappa shape index (κ1) is 21.6. The first-order chi connectivity index (χ1) is 15.8. The van der Waals surface area contributed by atoms with Gasteiger partial charge in [-0.15, -0.1) is 11.3 Å². The van der Waals surface area contributed by atoms with E-state index in [2.05, 4.69) is 37.8 Å². The Hall–Kier alpha value is -2.24. The molecule has 1 N–H and O–H groups in total. The summed E-state index contributed by atoms with van der Waals surface area (Å²) in [5, 5.41) is 8.29. The summed E-state index contributed by atoms with van der Waals surface area (Å²) in [4.78, 5) is 13.7. The van der Waals surface area contributed by atoms with E-state index in [1.54, 1.807) is 30.4 Å². The number of nitrogens with one attached hydrogen (secondary N) is 1. The van der Waals surface area contributed by atoms with Gasteiger partial charge in [0.05, 0.1) is 41.8 Å². The zero-order chi connectivity index (χ0) is 21.9. The lowest BCUT2D eigenvalue weighted by molar-refractivity contribution is 0.122. The molecule has 0 aliphatic carbocycles. The molecule has 8 nitrogen and oxygen atoms in total. The molecule has 1 fully saturated rings. The number of nitrogens with zero attached hydrogens (tertiary/aromatic N) is 5. The van der Waals surface area contributed by atoms with Crippen molar-refractivity contribution in [3.8, 4) is 11.4 Å². The molecule has 0 amide bonds. The number of hydrogen-bond acceptors (Lipinski definition) is 9. The molecular weight excluding hydrogens is 444 g/mol. The van der Waals surface area contributed by atoms with Crippen LogP contribution in [0.25, 0.3) is 32.5 Å². The lowest BCUT2D eigenvalue weighted by atomic mass is 10.1. The predicted molar refractivity (Wildman–Crippen MR) is 131 cm³/mol. The maximum atomic E-state index is 5.59. The van der Waals surface area contributed by atoms with Crippen LogP contribution in [0.2, 0.25) is 0 Å². The molecular formula is C22H26N6O2S2. The second-order valence-corrected chi connectivity index (χ2v) is 9.59. The quantitative estimate of drug-likeness (QED) is 0.390. The number of benzene rings is 1. The summed E-state index contributed by atoms with van der Waals surface area (Å²) in [6.45, 7) is 5.53.